The third kappa shape index (κ3) is 6.08. The first-order chi connectivity index (χ1) is 9.15. The Morgan fingerprint density at radius 1 is 1.21 bits per heavy atom. The number of ether oxygens (including phenoxy) is 2. The fraction of sp³-hybridized carbons (Fsp3) is 0.625. The first-order valence-corrected chi connectivity index (χ1v) is 7.06. The summed E-state index contributed by atoms with van der Waals surface area (Å²) in [4.78, 5) is 0. The molecule has 0 atom stereocenters. The van der Waals surface area contributed by atoms with Crippen LogP contribution in [0.5, 0.6) is 5.75 Å². The minimum atomic E-state index is 0.663. The van der Waals surface area contributed by atoms with Crippen molar-refractivity contribution in [2.45, 2.75) is 33.7 Å². The van der Waals surface area contributed by atoms with Crippen LogP contribution in [0.4, 0.5) is 0 Å². The standard InChI is InChI=1S/C16H27NO2/c1-13(2)11-17-12-15-8-5-7-14(3)16(15)19-10-6-9-18-4/h5,7-8,13,17H,6,9-12H2,1-4H3. The zero-order chi connectivity index (χ0) is 14.1. The van der Waals surface area contributed by atoms with E-state index in [0.29, 0.717) is 12.5 Å². The van der Waals surface area contributed by atoms with Gasteiger partial charge in [-0.3, -0.25) is 0 Å². The summed E-state index contributed by atoms with van der Waals surface area (Å²) >= 11 is 0. The Labute approximate surface area is 117 Å². The Balaban J connectivity index is 2.56. The highest BCUT2D eigenvalue weighted by atomic mass is 16.5. The predicted octanol–water partition coefficient (Wildman–Crippen LogP) is 3.16. The molecule has 0 aromatic heterocycles. The molecule has 0 aliphatic heterocycles. The van der Waals surface area contributed by atoms with Crippen molar-refractivity contribution in [3.63, 3.8) is 0 Å². The summed E-state index contributed by atoms with van der Waals surface area (Å²) in [5, 5.41) is 3.47. The van der Waals surface area contributed by atoms with Gasteiger partial charge in [0, 0.05) is 32.2 Å². The van der Waals surface area contributed by atoms with Crippen molar-refractivity contribution in [1.29, 1.82) is 0 Å². The first-order valence-electron chi connectivity index (χ1n) is 7.06. The van der Waals surface area contributed by atoms with E-state index < -0.39 is 0 Å². The molecule has 0 unspecified atom stereocenters. The van der Waals surface area contributed by atoms with Gasteiger partial charge in [0.25, 0.3) is 0 Å². The second kappa shape index (κ2) is 8.94. The lowest BCUT2D eigenvalue weighted by Crippen LogP contribution is -2.19. The summed E-state index contributed by atoms with van der Waals surface area (Å²) in [5.41, 5.74) is 2.43. The molecule has 0 fully saturated rings. The highest BCUT2D eigenvalue weighted by Crippen LogP contribution is 2.23. The molecule has 1 aromatic carbocycles. The number of methoxy groups -OCH3 is 1. The molecule has 108 valence electrons. The molecule has 0 bridgehead atoms. The van der Waals surface area contributed by atoms with Gasteiger partial charge in [0.05, 0.1) is 6.61 Å². The Hall–Kier alpha value is -1.06. The van der Waals surface area contributed by atoms with Gasteiger partial charge in [-0.05, 0) is 24.9 Å². The lowest BCUT2D eigenvalue weighted by atomic mass is 10.1. The van der Waals surface area contributed by atoms with E-state index in [1.807, 2.05) is 0 Å². The van der Waals surface area contributed by atoms with Gasteiger partial charge in [0.2, 0.25) is 0 Å². The van der Waals surface area contributed by atoms with Crippen LogP contribution < -0.4 is 10.1 Å². The van der Waals surface area contributed by atoms with Crippen LogP contribution in [-0.4, -0.2) is 26.9 Å². The van der Waals surface area contributed by atoms with Crippen molar-refractivity contribution < 1.29 is 9.47 Å². The Bertz CT molecular complexity index is 364. The Kier molecular flexibility index (Phi) is 7.53. The third-order valence-corrected chi connectivity index (χ3v) is 2.90. The molecule has 0 radical (unpaired) electrons. The molecule has 3 nitrogen and oxygen atoms in total. The second-order valence-electron chi connectivity index (χ2n) is 5.28. The van der Waals surface area contributed by atoms with E-state index in [1.165, 1.54) is 11.1 Å². The molecule has 0 spiro atoms. The summed E-state index contributed by atoms with van der Waals surface area (Å²) in [6.07, 6.45) is 0.920. The van der Waals surface area contributed by atoms with Gasteiger partial charge in [0.15, 0.2) is 0 Å². The molecular weight excluding hydrogens is 238 g/mol. The van der Waals surface area contributed by atoms with Crippen LogP contribution in [0.3, 0.4) is 0 Å². The highest BCUT2D eigenvalue weighted by Gasteiger charge is 2.07. The van der Waals surface area contributed by atoms with Crippen LogP contribution >= 0.6 is 0 Å². The average molecular weight is 265 g/mol. The molecule has 1 N–H and O–H groups in total. The minimum Gasteiger partial charge on any atom is -0.493 e. The summed E-state index contributed by atoms with van der Waals surface area (Å²) in [7, 11) is 1.72. The number of rotatable bonds is 9. The number of hydrogen-bond acceptors (Lipinski definition) is 3. The fourth-order valence-electron chi connectivity index (χ4n) is 1.93. The molecule has 19 heavy (non-hydrogen) atoms. The largest absolute Gasteiger partial charge is 0.493 e. The van der Waals surface area contributed by atoms with Crippen molar-refractivity contribution in [2.24, 2.45) is 5.92 Å². The lowest BCUT2D eigenvalue weighted by molar-refractivity contribution is 0.171. The molecule has 0 aliphatic rings. The average Bonchev–Trinajstić information content (AvgIpc) is 2.36. The van der Waals surface area contributed by atoms with Crippen LogP contribution in [0.25, 0.3) is 0 Å². The fourth-order valence-corrected chi connectivity index (χ4v) is 1.93. The second-order valence-corrected chi connectivity index (χ2v) is 5.28. The van der Waals surface area contributed by atoms with Gasteiger partial charge in [-0.25, -0.2) is 0 Å². The molecular formula is C16H27NO2. The van der Waals surface area contributed by atoms with E-state index in [2.05, 4.69) is 44.3 Å². The van der Waals surface area contributed by atoms with E-state index in [9.17, 15) is 0 Å². The predicted molar refractivity (Wildman–Crippen MR) is 79.7 cm³/mol. The van der Waals surface area contributed by atoms with Gasteiger partial charge in [0.1, 0.15) is 5.75 Å². The quantitative estimate of drug-likeness (QED) is 0.696. The van der Waals surface area contributed by atoms with E-state index in [1.54, 1.807) is 7.11 Å². The monoisotopic (exact) mass is 265 g/mol. The summed E-state index contributed by atoms with van der Waals surface area (Å²) in [5.74, 6) is 1.69. The molecule has 1 rings (SSSR count). The van der Waals surface area contributed by atoms with E-state index in [4.69, 9.17) is 9.47 Å². The number of benzene rings is 1. The van der Waals surface area contributed by atoms with E-state index in [-0.39, 0.29) is 0 Å². The molecule has 3 heteroatoms. The maximum absolute atomic E-state index is 5.91. The number of aryl methyl sites for hydroxylation is 1. The highest BCUT2D eigenvalue weighted by molar-refractivity contribution is 5.40. The third-order valence-electron chi connectivity index (χ3n) is 2.90. The van der Waals surface area contributed by atoms with Crippen LogP contribution in [-0.2, 0) is 11.3 Å². The summed E-state index contributed by atoms with van der Waals surface area (Å²) < 4.78 is 10.9. The first kappa shape index (κ1) is 16.0. The summed E-state index contributed by atoms with van der Waals surface area (Å²) in [6, 6.07) is 6.31. The van der Waals surface area contributed by atoms with Crippen molar-refractivity contribution in [3.8, 4) is 5.75 Å². The van der Waals surface area contributed by atoms with Gasteiger partial charge in [-0.2, -0.15) is 0 Å². The zero-order valence-electron chi connectivity index (χ0n) is 12.7. The van der Waals surface area contributed by atoms with Crippen LogP contribution in [0, 0.1) is 12.8 Å². The van der Waals surface area contributed by atoms with E-state index in [0.717, 1.165) is 31.9 Å². The minimum absolute atomic E-state index is 0.663. The van der Waals surface area contributed by atoms with E-state index >= 15 is 0 Å². The number of para-hydroxylation sites is 1. The molecule has 1 aromatic rings. The van der Waals surface area contributed by atoms with Gasteiger partial charge in [-0.15, -0.1) is 0 Å². The van der Waals surface area contributed by atoms with Crippen molar-refractivity contribution >= 4 is 0 Å². The maximum atomic E-state index is 5.91. The number of hydrogen-bond donors (Lipinski definition) is 1. The molecule has 0 aliphatic carbocycles. The molecule has 0 heterocycles. The van der Waals surface area contributed by atoms with Crippen LogP contribution in [0.15, 0.2) is 18.2 Å². The summed E-state index contributed by atoms with van der Waals surface area (Å²) in [6.45, 7) is 9.85. The van der Waals surface area contributed by atoms with Crippen molar-refractivity contribution in [2.75, 3.05) is 26.9 Å². The zero-order valence-corrected chi connectivity index (χ0v) is 12.7. The topological polar surface area (TPSA) is 30.5 Å². The Morgan fingerprint density at radius 3 is 2.68 bits per heavy atom. The molecule has 0 amide bonds. The van der Waals surface area contributed by atoms with Crippen LogP contribution in [0.1, 0.15) is 31.4 Å². The van der Waals surface area contributed by atoms with Crippen molar-refractivity contribution in [1.82, 2.24) is 5.32 Å². The van der Waals surface area contributed by atoms with Crippen molar-refractivity contribution in [3.05, 3.63) is 29.3 Å². The van der Waals surface area contributed by atoms with Gasteiger partial charge < -0.3 is 14.8 Å². The molecule has 0 saturated carbocycles. The SMILES string of the molecule is COCCCOc1c(C)cccc1CNCC(C)C. The Morgan fingerprint density at radius 2 is 2.00 bits per heavy atom. The maximum Gasteiger partial charge on any atom is 0.126 e. The van der Waals surface area contributed by atoms with Gasteiger partial charge >= 0.3 is 0 Å². The smallest absolute Gasteiger partial charge is 0.126 e. The molecule has 0 saturated heterocycles. The normalized spacial score (nSPS) is 11.0. The van der Waals surface area contributed by atoms with Crippen LogP contribution in [0.2, 0.25) is 0 Å². The van der Waals surface area contributed by atoms with Gasteiger partial charge in [-0.1, -0.05) is 32.0 Å². The number of nitrogens with one attached hydrogen (secondary N) is 1. The lowest BCUT2D eigenvalue weighted by Gasteiger charge is -2.15.